The van der Waals surface area contributed by atoms with Crippen LogP contribution in [0.5, 0.6) is 5.75 Å². The van der Waals surface area contributed by atoms with Gasteiger partial charge in [0.1, 0.15) is 18.6 Å². The van der Waals surface area contributed by atoms with E-state index in [4.69, 9.17) is 9.15 Å². The number of carbonyl (C=O) groups excluding carboxylic acids is 2. The number of nitrogens with zero attached hydrogens (tertiary/aromatic N) is 2. The Balaban J connectivity index is 1.51. The monoisotopic (exact) mass is 377 g/mol. The topological polar surface area (TPSA) is 84.7 Å². The number of fused-ring (bicyclic) bond motifs is 1. The Kier molecular flexibility index (Phi) is 4.57. The molecule has 0 radical (unpaired) electrons. The normalized spacial score (nSPS) is 13.1. The van der Waals surface area contributed by atoms with Gasteiger partial charge < -0.3 is 14.5 Å². The van der Waals surface area contributed by atoms with Crippen molar-refractivity contribution in [2.45, 2.75) is 20.4 Å². The molecule has 1 aromatic heterocycles. The quantitative estimate of drug-likeness (QED) is 0.753. The Labute approximate surface area is 161 Å². The minimum Gasteiger partial charge on any atom is -0.482 e. The van der Waals surface area contributed by atoms with Crippen LogP contribution in [0, 0.1) is 13.8 Å². The van der Waals surface area contributed by atoms with E-state index in [0.717, 1.165) is 11.1 Å². The van der Waals surface area contributed by atoms with Gasteiger partial charge in [0.15, 0.2) is 12.3 Å². The summed E-state index contributed by atoms with van der Waals surface area (Å²) in [5.41, 5.74) is 3.61. The van der Waals surface area contributed by atoms with Crippen LogP contribution in [0.15, 0.2) is 53.1 Å². The molecular weight excluding hydrogens is 358 g/mol. The summed E-state index contributed by atoms with van der Waals surface area (Å²) in [6.45, 7) is 3.99. The van der Waals surface area contributed by atoms with Crippen molar-refractivity contribution < 1.29 is 18.7 Å². The number of aromatic nitrogens is 1. The molecule has 1 aliphatic heterocycles. The van der Waals surface area contributed by atoms with Gasteiger partial charge in [0.05, 0.1) is 5.69 Å². The van der Waals surface area contributed by atoms with E-state index >= 15 is 0 Å². The van der Waals surface area contributed by atoms with Gasteiger partial charge in [0.25, 0.3) is 11.8 Å². The molecule has 1 aliphatic rings. The molecule has 0 aliphatic carbocycles. The van der Waals surface area contributed by atoms with Gasteiger partial charge in [-0.05, 0) is 43.7 Å². The van der Waals surface area contributed by atoms with Crippen molar-refractivity contribution in [3.8, 4) is 5.75 Å². The first kappa shape index (κ1) is 17.8. The van der Waals surface area contributed by atoms with E-state index in [1.165, 1.54) is 6.26 Å². The summed E-state index contributed by atoms with van der Waals surface area (Å²) >= 11 is 0. The largest absolute Gasteiger partial charge is 0.482 e. The summed E-state index contributed by atoms with van der Waals surface area (Å²) in [4.78, 5) is 30.5. The van der Waals surface area contributed by atoms with E-state index in [2.05, 4.69) is 10.3 Å². The van der Waals surface area contributed by atoms with Crippen LogP contribution in [0.4, 0.5) is 11.4 Å². The second kappa shape index (κ2) is 7.19. The summed E-state index contributed by atoms with van der Waals surface area (Å²) in [6, 6.07) is 13.1. The van der Waals surface area contributed by atoms with E-state index < -0.39 is 0 Å². The van der Waals surface area contributed by atoms with Crippen molar-refractivity contribution in [2.75, 3.05) is 16.8 Å². The zero-order chi connectivity index (χ0) is 19.7. The molecule has 7 heteroatoms. The lowest BCUT2D eigenvalue weighted by molar-refractivity contribution is -0.121. The van der Waals surface area contributed by atoms with Gasteiger partial charge in [-0.1, -0.05) is 23.8 Å². The molecule has 0 unspecified atom stereocenters. The fourth-order valence-corrected chi connectivity index (χ4v) is 2.94. The van der Waals surface area contributed by atoms with Crippen LogP contribution in [0.25, 0.3) is 0 Å². The lowest BCUT2D eigenvalue weighted by atomic mass is 10.1. The first-order valence-corrected chi connectivity index (χ1v) is 8.86. The molecule has 0 atom stereocenters. The maximum atomic E-state index is 12.4. The van der Waals surface area contributed by atoms with E-state index in [-0.39, 0.29) is 36.6 Å². The number of nitrogens with one attached hydrogen (secondary N) is 1. The third-order valence-corrected chi connectivity index (χ3v) is 4.44. The van der Waals surface area contributed by atoms with Crippen molar-refractivity contribution in [3.63, 3.8) is 0 Å². The number of hydrogen-bond donors (Lipinski definition) is 1. The van der Waals surface area contributed by atoms with Gasteiger partial charge in [-0.2, -0.15) is 0 Å². The molecule has 4 rings (SSSR count). The first-order chi connectivity index (χ1) is 13.5. The van der Waals surface area contributed by atoms with Crippen LogP contribution in [-0.2, 0) is 11.3 Å². The Morgan fingerprint density at radius 1 is 1.14 bits per heavy atom. The highest BCUT2D eigenvalue weighted by Gasteiger charge is 2.27. The Morgan fingerprint density at radius 3 is 2.68 bits per heavy atom. The third-order valence-electron chi connectivity index (χ3n) is 4.44. The number of benzene rings is 2. The SMILES string of the molecule is Cc1ccc(NC(=O)c2coc(CN3C(=O)COc4ccc(C)cc43)n2)cc1. The maximum absolute atomic E-state index is 12.4. The minimum absolute atomic E-state index is 0.0441. The highest BCUT2D eigenvalue weighted by Crippen LogP contribution is 2.33. The molecule has 2 heterocycles. The Morgan fingerprint density at radius 2 is 1.89 bits per heavy atom. The van der Waals surface area contributed by atoms with Gasteiger partial charge in [-0.15, -0.1) is 0 Å². The molecule has 0 saturated heterocycles. The van der Waals surface area contributed by atoms with Crippen molar-refractivity contribution in [2.24, 2.45) is 0 Å². The standard InChI is InChI=1S/C21H19N3O4/c1-13-3-6-15(7-4-13)22-21(26)16-11-28-19(23-16)10-24-17-9-14(2)5-8-18(17)27-12-20(24)25/h3-9,11H,10,12H2,1-2H3,(H,22,26). The molecule has 2 aromatic carbocycles. The molecule has 0 spiro atoms. The molecule has 7 nitrogen and oxygen atoms in total. The summed E-state index contributed by atoms with van der Waals surface area (Å²) in [5.74, 6) is 0.344. The molecular formula is C21H19N3O4. The first-order valence-electron chi connectivity index (χ1n) is 8.86. The smallest absolute Gasteiger partial charge is 0.277 e. The van der Waals surface area contributed by atoms with Gasteiger partial charge in [0.2, 0.25) is 5.89 Å². The third kappa shape index (κ3) is 3.59. The van der Waals surface area contributed by atoms with Crippen molar-refractivity contribution in [1.82, 2.24) is 4.98 Å². The molecule has 1 N–H and O–H groups in total. The number of hydrogen-bond acceptors (Lipinski definition) is 5. The molecule has 28 heavy (non-hydrogen) atoms. The van der Waals surface area contributed by atoms with Gasteiger partial charge in [-0.3, -0.25) is 14.5 Å². The van der Waals surface area contributed by atoms with Gasteiger partial charge in [-0.25, -0.2) is 4.98 Å². The van der Waals surface area contributed by atoms with Crippen LogP contribution in [-0.4, -0.2) is 23.4 Å². The minimum atomic E-state index is -0.372. The Bertz CT molecular complexity index is 1040. The predicted octanol–water partition coefficient (Wildman–Crippen LogP) is 3.47. The average Bonchev–Trinajstić information content (AvgIpc) is 3.15. The highest BCUT2D eigenvalue weighted by molar-refractivity contribution is 6.02. The van der Waals surface area contributed by atoms with E-state index in [0.29, 0.717) is 17.1 Å². The Hall–Kier alpha value is -3.61. The van der Waals surface area contributed by atoms with Crippen LogP contribution in [0.3, 0.4) is 0 Å². The van der Waals surface area contributed by atoms with Crippen LogP contribution in [0.2, 0.25) is 0 Å². The lowest BCUT2D eigenvalue weighted by Crippen LogP contribution is -2.38. The zero-order valence-corrected chi connectivity index (χ0v) is 15.6. The zero-order valence-electron chi connectivity index (χ0n) is 15.6. The van der Waals surface area contributed by atoms with E-state index in [9.17, 15) is 9.59 Å². The molecule has 0 saturated carbocycles. The lowest BCUT2D eigenvalue weighted by Gasteiger charge is -2.28. The summed E-state index contributed by atoms with van der Waals surface area (Å²) in [7, 11) is 0. The summed E-state index contributed by atoms with van der Waals surface area (Å²) < 4.78 is 10.9. The number of carbonyl (C=O) groups is 2. The predicted molar refractivity (Wildman–Crippen MR) is 103 cm³/mol. The number of amides is 2. The van der Waals surface area contributed by atoms with Crippen LogP contribution in [0.1, 0.15) is 27.5 Å². The molecule has 0 bridgehead atoms. The second-order valence-electron chi connectivity index (χ2n) is 6.69. The highest BCUT2D eigenvalue weighted by atomic mass is 16.5. The fourth-order valence-electron chi connectivity index (χ4n) is 2.94. The summed E-state index contributed by atoms with van der Waals surface area (Å²) in [5, 5.41) is 2.77. The van der Waals surface area contributed by atoms with E-state index in [1.54, 1.807) is 4.90 Å². The fraction of sp³-hybridized carbons (Fsp3) is 0.190. The van der Waals surface area contributed by atoms with Gasteiger partial charge in [0, 0.05) is 5.69 Å². The second-order valence-corrected chi connectivity index (χ2v) is 6.69. The molecule has 3 aromatic rings. The number of oxazole rings is 1. The number of aryl methyl sites for hydroxylation is 2. The van der Waals surface area contributed by atoms with Crippen molar-refractivity contribution >= 4 is 23.2 Å². The molecule has 2 amide bonds. The number of ether oxygens (including phenoxy) is 1. The van der Waals surface area contributed by atoms with E-state index in [1.807, 2.05) is 56.3 Å². The number of rotatable bonds is 4. The average molecular weight is 377 g/mol. The number of anilines is 2. The maximum Gasteiger partial charge on any atom is 0.277 e. The van der Waals surface area contributed by atoms with Crippen LogP contribution < -0.4 is 15.0 Å². The summed E-state index contributed by atoms with van der Waals surface area (Å²) in [6.07, 6.45) is 1.29. The molecule has 142 valence electrons. The molecule has 0 fully saturated rings. The van der Waals surface area contributed by atoms with Crippen molar-refractivity contribution in [1.29, 1.82) is 0 Å². The van der Waals surface area contributed by atoms with Crippen LogP contribution >= 0.6 is 0 Å². The van der Waals surface area contributed by atoms with Gasteiger partial charge >= 0.3 is 0 Å². The van der Waals surface area contributed by atoms with Crippen molar-refractivity contribution in [3.05, 3.63) is 71.4 Å².